The largest absolute Gasteiger partial charge is 0.372 e. The Labute approximate surface area is 101 Å². The molecule has 5 heteroatoms. The SMILES string of the molecule is CC1CN(c2cnc(CCl)cn2)CC(C)O1. The van der Waals surface area contributed by atoms with Crippen LogP contribution in [0.25, 0.3) is 0 Å². The van der Waals surface area contributed by atoms with E-state index in [1.165, 1.54) is 0 Å². The smallest absolute Gasteiger partial charge is 0.147 e. The second kappa shape index (κ2) is 4.97. The number of alkyl halides is 1. The van der Waals surface area contributed by atoms with Crippen LogP contribution in [0.2, 0.25) is 0 Å². The van der Waals surface area contributed by atoms with Gasteiger partial charge in [-0.25, -0.2) is 4.98 Å². The van der Waals surface area contributed by atoms with E-state index >= 15 is 0 Å². The van der Waals surface area contributed by atoms with Gasteiger partial charge in [-0.05, 0) is 13.8 Å². The van der Waals surface area contributed by atoms with E-state index < -0.39 is 0 Å². The molecule has 0 aliphatic carbocycles. The second-order valence-corrected chi connectivity index (χ2v) is 4.43. The van der Waals surface area contributed by atoms with Crippen LogP contribution in [0.3, 0.4) is 0 Å². The van der Waals surface area contributed by atoms with Crippen LogP contribution in [-0.4, -0.2) is 35.3 Å². The summed E-state index contributed by atoms with van der Waals surface area (Å²) in [5.74, 6) is 1.30. The second-order valence-electron chi connectivity index (χ2n) is 4.16. The van der Waals surface area contributed by atoms with E-state index in [0.717, 1.165) is 24.6 Å². The maximum Gasteiger partial charge on any atom is 0.147 e. The molecule has 16 heavy (non-hydrogen) atoms. The number of halogens is 1. The fourth-order valence-electron chi connectivity index (χ4n) is 1.95. The highest BCUT2D eigenvalue weighted by Gasteiger charge is 2.23. The summed E-state index contributed by atoms with van der Waals surface area (Å²) in [7, 11) is 0. The van der Waals surface area contributed by atoms with Gasteiger partial charge >= 0.3 is 0 Å². The average molecular weight is 242 g/mol. The molecule has 1 aromatic rings. The van der Waals surface area contributed by atoms with Crippen LogP contribution in [0.5, 0.6) is 0 Å². The van der Waals surface area contributed by atoms with E-state index in [1.807, 2.05) is 0 Å². The highest BCUT2D eigenvalue weighted by molar-refractivity contribution is 6.16. The van der Waals surface area contributed by atoms with Crippen molar-refractivity contribution in [2.24, 2.45) is 0 Å². The van der Waals surface area contributed by atoms with Gasteiger partial charge < -0.3 is 9.64 Å². The third-order valence-electron chi connectivity index (χ3n) is 2.57. The van der Waals surface area contributed by atoms with Gasteiger partial charge in [0.1, 0.15) is 5.82 Å². The number of nitrogens with zero attached hydrogens (tertiary/aromatic N) is 3. The summed E-state index contributed by atoms with van der Waals surface area (Å²) in [5, 5.41) is 0. The molecule has 0 N–H and O–H groups in total. The summed E-state index contributed by atoms with van der Waals surface area (Å²) in [6.45, 7) is 5.87. The van der Waals surface area contributed by atoms with Gasteiger partial charge in [0.15, 0.2) is 0 Å². The molecule has 0 radical (unpaired) electrons. The van der Waals surface area contributed by atoms with E-state index in [4.69, 9.17) is 16.3 Å². The first kappa shape index (κ1) is 11.6. The molecule has 1 aliphatic rings. The summed E-state index contributed by atoms with van der Waals surface area (Å²) >= 11 is 5.68. The van der Waals surface area contributed by atoms with Gasteiger partial charge in [-0.3, -0.25) is 4.98 Å². The van der Waals surface area contributed by atoms with Crippen molar-refractivity contribution in [1.29, 1.82) is 0 Å². The Hall–Kier alpha value is -0.870. The number of morpholine rings is 1. The lowest BCUT2D eigenvalue weighted by molar-refractivity contribution is -0.00547. The van der Waals surface area contributed by atoms with E-state index in [0.29, 0.717) is 5.88 Å². The van der Waals surface area contributed by atoms with Crippen LogP contribution in [0.15, 0.2) is 12.4 Å². The molecule has 88 valence electrons. The number of rotatable bonds is 2. The van der Waals surface area contributed by atoms with E-state index in [-0.39, 0.29) is 12.2 Å². The van der Waals surface area contributed by atoms with Crippen molar-refractivity contribution in [3.05, 3.63) is 18.1 Å². The fourth-order valence-corrected chi connectivity index (χ4v) is 2.08. The predicted molar refractivity (Wildman–Crippen MR) is 63.8 cm³/mol. The predicted octanol–water partition coefficient (Wildman–Crippen LogP) is 1.83. The molecule has 1 aliphatic heterocycles. The number of hydrogen-bond acceptors (Lipinski definition) is 4. The molecule has 0 amide bonds. The molecule has 0 aromatic carbocycles. The Morgan fingerprint density at radius 2 is 2.00 bits per heavy atom. The van der Waals surface area contributed by atoms with E-state index in [1.54, 1.807) is 12.4 Å². The normalized spacial score (nSPS) is 25.8. The van der Waals surface area contributed by atoms with Crippen LogP contribution >= 0.6 is 11.6 Å². The number of anilines is 1. The molecular weight excluding hydrogens is 226 g/mol. The first-order valence-electron chi connectivity index (χ1n) is 5.46. The maximum absolute atomic E-state index is 5.68. The third kappa shape index (κ3) is 2.62. The molecule has 1 fully saturated rings. The summed E-state index contributed by atoms with van der Waals surface area (Å²) in [6.07, 6.45) is 3.98. The average Bonchev–Trinajstić information content (AvgIpc) is 2.28. The molecule has 2 unspecified atom stereocenters. The van der Waals surface area contributed by atoms with Gasteiger partial charge in [-0.15, -0.1) is 11.6 Å². The van der Waals surface area contributed by atoms with Gasteiger partial charge in [0.2, 0.25) is 0 Å². The van der Waals surface area contributed by atoms with Crippen molar-refractivity contribution >= 4 is 17.4 Å². The minimum Gasteiger partial charge on any atom is -0.372 e. The highest BCUT2D eigenvalue weighted by Crippen LogP contribution is 2.17. The van der Waals surface area contributed by atoms with Crippen molar-refractivity contribution < 1.29 is 4.74 Å². The minimum absolute atomic E-state index is 0.234. The number of ether oxygens (including phenoxy) is 1. The van der Waals surface area contributed by atoms with Crippen LogP contribution in [0.1, 0.15) is 19.5 Å². The molecule has 4 nitrogen and oxygen atoms in total. The Morgan fingerprint density at radius 3 is 2.50 bits per heavy atom. The molecule has 1 aromatic heterocycles. The molecule has 0 spiro atoms. The zero-order valence-electron chi connectivity index (χ0n) is 9.56. The Kier molecular flexibility index (Phi) is 3.61. The van der Waals surface area contributed by atoms with Gasteiger partial charge in [0.25, 0.3) is 0 Å². The lowest BCUT2D eigenvalue weighted by Gasteiger charge is -2.35. The molecule has 0 saturated carbocycles. The van der Waals surface area contributed by atoms with Gasteiger partial charge in [0.05, 0.1) is 36.2 Å². The molecule has 0 bridgehead atoms. The lowest BCUT2D eigenvalue weighted by atomic mass is 10.2. The molecular formula is C11H16ClN3O. The topological polar surface area (TPSA) is 38.2 Å². The Morgan fingerprint density at radius 1 is 1.31 bits per heavy atom. The van der Waals surface area contributed by atoms with Crippen molar-refractivity contribution in [2.45, 2.75) is 31.9 Å². The van der Waals surface area contributed by atoms with Crippen molar-refractivity contribution in [3.63, 3.8) is 0 Å². The Bertz CT molecular complexity index is 334. The third-order valence-corrected chi connectivity index (χ3v) is 2.85. The molecule has 2 rings (SSSR count). The first-order valence-corrected chi connectivity index (χ1v) is 5.99. The molecule has 2 atom stereocenters. The Balaban J connectivity index is 2.10. The maximum atomic E-state index is 5.68. The summed E-state index contributed by atoms with van der Waals surface area (Å²) in [4.78, 5) is 10.8. The monoisotopic (exact) mass is 241 g/mol. The zero-order valence-corrected chi connectivity index (χ0v) is 10.3. The summed E-state index contributed by atoms with van der Waals surface area (Å²) < 4.78 is 5.67. The first-order chi connectivity index (χ1) is 7.69. The quantitative estimate of drug-likeness (QED) is 0.741. The standard InChI is InChI=1S/C11H16ClN3O/c1-8-6-15(7-9(2)16-8)11-5-13-10(3-12)4-14-11/h4-5,8-9H,3,6-7H2,1-2H3. The van der Waals surface area contributed by atoms with Gasteiger partial charge in [0, 0.05) is 13.1 Å². The van der Waals surface area contributed by atoms with Crippen molar-refractivity contribution in [2.75, 3.05) is 18.0 Å². The minimum atomic E-state index is 0.234. The van der Waals surface area contributed by atoms with Crippen LogP contribution < -0.4 is 4.90 Å². The molecule has 2 heterocycles. The summed E-state index contributed by atoms with van der Waals surface area (Å²) in [6, 6.07) is 0. The van der Waals surface area contributed by atoms with Crippen molar-refractivity contribution in [3.8, 4) is 0 Å². The number of aromatic nitrogens is 2. The van der Waals surface area contributed by atoms with Gasteiger partial charge in [-0.2, -0.15) is 0 Å². The van der Waals surface area contributed by atoms with E-state index in [2.05, 4.69) is 28.7 Å². The lowest BCUT2D eigenvalue weighted by Crippen LogP contribution is -2.45. The van der Waals surface area contributed by atoms with E-state index in [9.17, 15) is 0 Å². The fraction of sp³-hybridized carbons (Fsp3) is 0.636. The van der Waals surface area contributed by atoms with Crippen LogP contribution in [-0.2, 0) is 10.6 Å². The molecule has 1 saturated heterocycles. The van der Waals surface area contributed by atoms with Crippen LogP contribution in [0.4, 0.5) is 5.82 Å². The van der Waals surface area contributed by atoms with Gasteiger partial charge in [-0.1, -0.05) is 0 Å². The summed E-state index contributed by atoms with van der Waals surface area (Å²) in [5.41, 5.74) is 0.805. The van der Waals surface area contributed by atoms with Crippen molar-refractivity contribution in [1.82, 2.24) is 9.97 Å². The highest BCUT2D eigenvalue weighted by atomic mass is 35.5. The zero-order chi connectivity index (χ0) is 11.5. The van der Waals surface area contributed by atoms with Crippen LogP contribution in [0, 0.1) is 0 Å². The number of hydrogen-bond donors (Lipinski definition) is 0.